The number of halogens is 4. The molecule has 2 aromatic heterocycles. The average molecular weight is 293 g/mol. The summed E-state index contributed by atoms with van der Waals surface area (Å²) in [6, 6.07) is 1.89. The van der Waals surface area contributed by atoms with Gasteiger partial charge in [0.25, 0.3) is 5.56 Å². The molecule has 2 rings (SSSR count). The highest BCUT2D eigenvalue weighted by molar-refractivity contribution is 9.10. The maximum atomic E-state index is 12.4. The highest BCUT2D eigenvalue weighted by Gasteiger charge is 2.32. The lowest BCUT2D eigenvalue weighted by Crippen LogP contribution is -2.11. The fraction of sp³-hybridized carbons (Fsp3) is 0.111. The van der Waals surface area contributed by atoms with Crippen molar-refractivity contribution in [2.75, 3.05) is 0 Å². The van der Waals surface area contributed by atoms with Crippen molar-refractivity contribution in [1.29, 1.82) is 0 Å². The molecule has 0 aromatic carbocycles. The van der Waals surface area contributed by atoms with E-state index < -0.39 is 17.4 Å². The molecule has 0 radical (unpaired) electrons. The molecule has 16 heavy (non-hydrogen) atoms. The first kappa shape index (κ1) is 11.1. The van der Waals surface area contributed by atoms with Gasteiger partial charge in [0.2, 0.25) is 0 Å². The molecule has 0 atom stereocenters. The lowest BCUT2D eigenvalue weighted by atomic mass is 10.2. The van der Waals surface area contributed by atoms with Gasteiger partial charge in [-0.3, -0.25) is 4.79 Å². The number of fused-ring (bicyclic) bond motifs is 1. The summed E-state index contributed by atoms with van der Waals surface area (Å²) in [6.07, 6.45) is -3.26. The van der Waals surface area contributed by atoms with Gasteiger partial charge in [-0.05, 0) is 28.1 Å². The molecule has 2 heterocycles. The summed E-state index contributed by atoms with van der Waals surface area (Å²) in [4.78, 5) is 17.1. The average Bonchev–Trinajstić information content (AvgIpc) is 2.22. The SMILES string of the molecule is O=c1[nH]cc(Br)c2nc(C(F)(F)F)ccc12. The fourth-order valence-electron chi connectivity index (χ4n) is 1.26. The zero-order chi connectivity index (χ0) is 11.9. The highest BCUT2D eigenvalue weighted by atomic mass is 79.9. The second kappa shape index (κ2) is 3.58. The summed E-state index contributed by atoms with van der Waals surface area (Å²) in [5.74, 6) is 0. The van der Waals surface area contributed by atoms with E-state index in [1.165, 1.54) is 6.20 Å². The Labute approximate surface area is 95.4 Å². The van der Waals surface area contributed by atoms with Crippen LogP contribution >= 0.6 is 15.9 Å². The van der Waals surface area contributed by atoms with Crippen LogP contribution in [0.5, 0.6) is 0 Å². The lowest BCUT2D eigenvalue weighted by Gasteiger charge is -2.06. The largest absolute Gasteiger partial charge is 0.433 e. The molecule has 0 saturated carbocycles. The summed E-state index contributed by atoms with van der Waals surface area (Å²) in [6.45, 7) is 0. The number of rotatable bonds is 0. The van der Waals surface area contributed by atoms with Gasteiger partial charge in [-0.1, -0.05) is 0 Å². The third-order valence-corrected chi connectivity index (χ3v) is 2.59. The number of nitrogens with one attached hydrogen (secondary N) is 1. The Morgan fingerprint density at radius 1 is 1.31 bits per heavy atom. The number of aromatic nitrogens is 2. The maximum Gasteiger partial charge on any atom is 0.433 e. The number of nitrogens with zero attached hydrogens (tertiary/aromatic N) is 1. The van der Waals surface area contributed by atoms with Crippen molar-refractivity contribution in [3.8, 4) is 0 Å². The van der Waals surface area contributed by atoms with E-state index in [9.17, 15) is 18.0 Å². The molecule has 0 bridgehead atoms. The van der Waals surface area contributed by atoms with Crippen molar-refractivity contribution in [3.63, 3.8) is 0 Å². The molecular formula is C9H4BrF3N2O. The van der Waals surface area contributed by atoms with Crippen molar-refractivity contribution >= 4 is 26.8 Å². The Kier molecular flexibility index (Phi) is 2.49. The molecule has 0 spiro atoms. The number of hydrogen-bond donors (Lipinski definition) is 1. The third kappa shape index (κ3) is 1.82. The van der Waals surface area contributed by atoms with Gasteiger partial charge in [0.05, 0.1) is 15.4 Å². The van der Waals surface area contributed by atoms with E-state index in [1.54, 1.807) is 0 Å². The Balaban J connectivity index is 2.81. The van der Waals surface area contributed by atoms with E-state index in [2.05, 4.69) is 25.9 Å². The number of pyridine rings is 2. The summed E-state index contributed by atoms with van der Waals surface area (Å²) in [5, 5.41) is 0.113. The van der Waals surface area contributed by atoms with Crippen LogP contribution in [0.4, 0.5) is 13.2 Å². The molecule has 0 unspecified atom stereocenters. The molecular weight excluding hydrogens is 289 g/mol. The molecule has 0 amide bonds. The van der Waals surface area contributed by atoms with Gasteiger partial charge in [-0.15, -0.1) is 0 Å². The van der Waals surface area contributed by atoms with Crippen LogP contribution < -0.4 is 5.56 Å². The Morgan fingerprint density at radius 2 is 2.00 bits per heavy atom. The third-order valence-electron chi connectivity index (χ3n) is 1.99. The van der Waals surface area contributed by atoms with Crippen LogP contribution in [0.1, 0.15) is 5.69 Å². The number of aromatic amines is 1. The van der Waals surface area contributed by atoms with Crippen molar-refractivity contribution in [2.24, 2.45) is 0 Å². The van der Waals surface area contributed by atoms with E-state index in [0.29, 0.717) is 4.47 Å². The quantitative estimate of drug-likeness (QED) is 0.811. The molecule has 7 heteroatoms. The maximum absolute atomic E-state index is 12.4. The van der Waals surface area contributed by atoms with Gasteiger partial charge >= 0.3 is 6.18 Å². The number of hydrogen-bond acceptors (Lipinski definition) is 2. The zero-order valence-corrected chi connectivity index (χ0v) is 9.19. The minimum atomic E-state index is -4.52. The van der Waals surface area contributed by atoms with Crippen molar-refractivity contribution < 1.29 is 13.2 Å². The van der Waals surface area contributed by atoms with Crippen molar-refractivity contribution in [3.05, 3.63) is 38.9 Å². The summed E-state index contributed by atoms with van der Waals surface area (Å²) in [7, 11) is 0. The minimum absolute atomic E-state index is 0.00132. The molecule has 2 aromatic rings. The second-order valence-electron chi connectivity index (χ2n) is 3.06. The molecule has 0 aliphatic carbocycles. The minimum Gasteiger partial charge on any atom is -0.327 e. The summed E-state index contributed by atoms with van der Waals surface area (Å²) in [5.41, 5.74) is -1.50. The predicted octanol–water partition coefficient (Wildman–Crippen LogP) is 2.70. The highest BCUT2D eigenvalue weighted by Crippen LogP contribution is 2.29. The molecule has 1 N–H and O–H groups in total. The number of alkyl halides is 3. The summed E-state index contributed by atoms with van der Waals surface area (Å²) >= 11 is 3.03. The molecule has 0 aliphatic heterocycles. The van der Waals surface area contributed by atoms with Crippen LogP contribution in [0.3, 0.4) is 0 Å². The normalized spacial score (nSPS) is 12.0. The van der Waals surface area contributed by atoms with Crippen LogP contribution in [0.25, 0.3) is 10.9 Å². The smallest absolute Gasteiger partial charge is 0.327 e. The monoisotopic (exact) mass is 292 g/mol. The van der Waals surface area contributed by atoms with E-state index in [0.717, 1.165) is 12.1 Å². The molecule has 84 valence electrons. The molecule has 0 saturated heterocycles. The Bertz CT molecular complexity index is 606. The van der Waals surface area contributed by atoms with Gasteiger partial charge in [0, 0.05) is 6.20 Å². The van der Waals surface area contributed by atoms with Gasteiger partial charge in [0.1, 0.15) is 5.69 Å². The molecule has 0 fully saturated rings. The van der Waals surface area contributed by atoms with Crippen LogP contribution in [0.2, 0.25) is 0 Å². The van der Waals surface area contributed by atoms with Crippen LogP contribution in [0.15, 0.2) is 27.6 Å². The topological polar surface area (TPSA) is 45.8 Å². The number of H-pyrrole nitrogens is 1. The fourth-order valence-corrected chi connectivity index (χ4v) is 1.67. The first-order chi connectivity index (χ1) is 7.39. The first-order valence-corrected chi connectivity index (χ1v) is 4.94. The standard InChI is InChI=1S/C9H4BrF3N2O/c10-5-3-14-8(16)4-1-2-6(9(11,12)13)15-7(4)5/h1-3H,(H,14,16). The van der Waals surface area contributed by atoms with Crippen LogP contribution in [-0.2, 0) is 6.18 Å². The van der Waals surface area contributed by atoms with E-state index >= 15 is 0 Å². The lowest BCUT2D eigenvalue weighted by molar-refractivity contribution is -0.140. The van der Waals surface area contributed by atoms with Crippen LogP contribution in [0, 0.1) is 0 Å². The van der Waals surface area contributed by atoms with Gasteiger partial charge in [-0.25, -0.2) is 4.98 Å². The summed E-state index contributed by atoms with van der Waals surface area (Å²) < 4.78 is 37.5. The first-order valence-electron chi connectivity index (χ1n) is 4.15. The van der Waals surface area contributed by atoms with Crippen molar-refractivity contribution in [2.45, 2.75) is 6.18 Å². The van der Waals surface area contributed by atoms with E-state index in [4.69, 9.17) is 0 Å². The Morgan fingerprint density at radius 3 is 2.62 bits per heavy atom. The van der Waals surface area contributed by atoms with E-state index in [1.807, 2.05) is 0 Å². The van der Waals surface area contributed by atoms with Gasteiger partial charge in [0.15, 0.2) is 0 Å². The zero-order valence-electron chi connectivity index (χ0n) is 7.60. The van der Waals surface area contributed by atoms with Gasteiger partial charge in [-0.2, -0.15) is 13.2 Å². The van der Waals surface area contributed by atoms with Crippen molar-refractivity contribution in [1.82, 2.24) is 9.97 Å². The molecule has 3 nitrogen and oxygen atoms in total. The van der Waals surface area contributed by atoms with E-state index in [-0.39, 0.29) is 10.9 Å². The van der Waals surface area contributed by atoms with Gasteiger partial charge < -0.3 is 4.98 Å². The molecule has 0 aliphatic rings. The second-order valence-corrected chi connectivity index (χ2v) is 3.91. The van der Waals surface area contributed by atoms with Crippen LogP contribution in [-0.4, -0.2) is 9.97 Å². The predicted molar refractivity (Wildman–Crippen MR) is 55.1 cm³/mol. The Hall–Kier alpha value is -1.37.